The van der Waals surface area contributed by atoms with Crippen molar-refractivity contribution in [2.24, 2.45) is 0 Å². The molecule has 0 bridgehead atoms. The summed E-state index contributed by atoms with van der Waals surface area (Å²) in [6.07, 6.45) is 2.06. The van der Waals surface area contributed by atoms with Gasteiger partial charge in [0, 0.05) is 12.1 Å². The second kappa shape index (κ2) is 8.66. The lowest BCUT2D eigenvalue weighted by atomic mass is 10.2. The molecule has 0 aliphatic heterocycles. The molecule has 2 rings (SSSR count). The molecule has 6 nitrogen and oxygen atoms in total. The molecule has 0 aromatic heterocycles. The fraction of sp³-hybridized carbons (Fsp3) is 0.278. The number of carbonyl (C=O) groups is 1. The molecule has 0 heterocycles. The Labute approximate surface area is 152 Å². The number of amides is 1. The van der Waals surface area contributed by atoms with Crippen molar-refractivity contribution in [3.05, 3.63) is 48.3 Å². The number of unbranched alkanes of at least 4 members (excludes halogenated alkanes) is 1. The number of sulfonamides is 1. The molecule has 1 amide bonds. The van der Waals surface area contributed by atoms with E-state index in [1.165, 1.54) is 25.3 Å². The fourth-order valence-electron chi connectivity index (χ4n) is 2.24. The van der Waals surface area contributed by atoms with Gasteiger partial charge >= 0.3 is 0 Å². The molecule has 0 aliphatic rings. The van der Waals surface area contributed by atoms with Gasteiger partial charge in [0.1, 0.15) is 11.6 Å². The number of carbonyl (C=O) groups excluding carboxylic acids is 1. The second-order valence-corrected chi connectivity index (χ2v) is 7.31. The van der Waals surface area contributed by atoms with E-state index in [-0.39, 0.29) is 16.5 Å². The minimum Gasteiger partial charge on any atom is -0.495 e. The van der Waals surface area contributed by atoms with Gasteiger partial charge in [-0.3, -0.25) is 9.52 Å². The van der Waals surface area contributed by atoms with Crippen LogP contribution in [0.25, 0.3) is 0 Å². The van der Waals surface area contributed by atoms with Crippen LogP contribution in [-0.2, 0) is 14.8 Å². The summed E-state index contributed by atoms with van der Waals surface area (Å²) in [4.78, 5) is 11.8. The average molecular weight is 380 g/mol. The van der Waals surface area contributed by atoms with Gasteiger partial charge in [-0.05, 0) is 48.9 Å². The van der Waals surface area contributed by atoms with Crippen molar-refractivity contribution in [1.29, 1.82) is 0 Å². The fourth-order valence-corrected chi connectivity index (χ4v) is 3.31. The highest BCUT2D eigenvalue weighted by molar-refractivity contribution is 7.92. The number of anilines is 2. The van der Waals surface area contributed by atoms with Gasteiger partial charge in [-0.15, -0.1) is 0 Å². The number of halogens is 1. The third-order valence-electron chi connectivity index (χ3n) is 3.61. The van der Waals surface area contributed by atoms with Crippen molar-refractivity contribution in [2.45, 2.75) is 31.1 Å². The van der Waals surface area contributed by atoms with Crippen LogP contribution in [-0.4, -0.2) is 21.4 Å². The molecule has 0 spiro atoms. The minimum absolute atomic E-state index is 0.0849. The van der Waals surface area contributed by atoms with Crippen LogP contribution in [0, 0.1) is 5.82 Å². The second-order valence-electron chi connectivity index (χ2n) is 5.63. The summed E-state index contributed by atoms with van der Waals surface area (Å²) in [5.41, 5.74) is 0.619. The van der Waals surface area contributed by atoms with Crippen molar-refractivity contribution < 1.29 is 22.3 Å². The van der Waals surface area contributed by atoms with Gasteiger partial charge in [-0.25, -0.2) is 12.8 Å². The van der Waals surface area contributed by atoms with Crippen LogP contribution in [0.3, 0.4) is 0 Å². The maximum atomic E-state index is 13.0. The van der Waals surface area contributed by atoms with E-state index in [1.54, 1.807) is 12.1 Å². The standard InChI is InChI=1S/C18H21FN2O4S/c1-3-4-5-18(22)20-14-8-11-17(25-2)16(12-14)21-26(23,24)15-9-6-13(19)7-10-15/h6-12,21H,3-5H2,1-2H3,(H,20,22). The Morgan fingerprint density at radius 3 is 2.46 bits per heavy atom. The molecule has 0 fully saturated rings. The van der Waals surface area contributed by atoms with E-state index in [4.69, 9.17) is 4.74 Å². The number of rotatable bonds is 8. The van der Waals surface area contributed by atoms with Crippen molar-refractivity contribution in [3.8, 4) is 5.75 Å². The zero-order chi connectivity index (χ0) is 19.2. The molecule has 0 saturated carbocycles. The Hall–Kier alpha value is -2.61. The van der Waals surface area contributed by atoms with E-state index >= 15 is 0 Å². The van der Waals surface area contributed by atoms with Gasteiger partial charge in [-0.2, -0.15) is 0 Å². The van der Waals surface area contributed by atoms with Crippen LogP contribution in [0.1, 0.15) is 26.2 Å². The molecule has 2 aromatic rings. The first kappa shape index (κ1) is 19.7. The van der Waals surface area contributed by atoms with Crippen molar-refractivity contribution in [2.75, 3.05) is 17.1 Å². The number of hydrogen-bond donors (Lipinski definition) is 2. The maximum absolute atomic E-state index is 13.0. The van der Waals surface area contributed by atoms with Gasteiger partial charge in [-0.1, -0.05) is 13.3 Å². The lowest BCUT2D eigenvalue weighted by molar-refractivity contribution is -0.116. The Morgan fingerprint density at radius 1 is 1.15 bits per heavy atom. The molecular formula is C18H21FN2O4S. The summed E-state index contributed by atoms with van der Waals surface area (Å²) in [7, 11) is -2.52. The van der Waals surface area contributed by atoms with Crippen LogP contribution in [0.4, 0.5) is 15.8 Å². The van der Waals surface area contributed by atoms with Gasteiger partial charge in [0.2, 0.25) is 5.91 Å². The SMILES string of the molecule is CCCCC(=O)Nc1ccc(OC)c(NS(=O)(=O)c2ccc(F)cc2)c1. The Bertz CT molecular complexity index is 867. The highest BCUT2D eigenvalue weighted by Crippen LogP contribution is 2.30. The molecule has 26 heavy (non-hydrogen) atoms. The maximum Gasteiger partial charge on any atom is 0.262 e. The zero-order valence-electron chi connectivity index (χ0n) is 14.6. The third-order valence-corrected chi connectivity index (χ3v) is 4.99. The van der Waals surface area contributed by atoms with Gasteiger partial charge in [0.05, 0.1) is 17.7 Å². The summed E-state index contributed by atoms with van der Waals surface area (Å²) in [6, 6.07) is 9.12. The summed E-state index contributed by atoms with van der Waals surface area (Å²) >= 11 is 0. The zero-order valence-corrected chi connectivity index (χ0v) is 15.4. The third kappa shape index (κ3) is 5.19. The summed E-state index contributed by atoms with van der Waals surface area (Å²) in [5, 5.41) is 2.72. The minimum atomic E-state index is -3.93. The first-order valence-corrected chi connectivity index (χ1v) is 9.60. The van der Waals surface area contributed by atoms with E-state index in [1.807, 2.05) is 6.92 Å². The smallest absolute Gasteiger partial charge is 0.262 e. The van der Waals surface area contributed by atoms with E-state index in [9.17, 15) is 17.6 Å². The van der Waals surface area contributed by atoms with Crippen molar-refractivity contribution in [1.82, 2.24) is 0 Å². The first-order chi connectivity index (χ1) is 12.4. The van der Waals surface area contributed by atoms with E-state index in [0.29, 0.717) is 17.9 Å². The molecule has 0 atom stereocenters. The lowest BCUT2D eigenvalue weighted by Crippen LogP contribution is -2.15. The molecule has 0 aliphatic carbocycles. The van der Waals surface area contributed by atoms with Crippen LogP contribution in [0.5, 0.6) is 5.75 Å². The van der Waals surface area contributed by atoms with E-state index in [2.05, 4.69) is 10.0 Å². The predicted molar refractivity (Wildman–Crippen MR) is 98.4 cm³/mol. The molecule has 140 valence electrons. The Kier molecular flexibility index (Phi) is 6.57. The van der Waals surface area contributed by atoms with Crippen LogP contribution >= 0.6 is 0 Å². The molecular weight excluding hydrogens is 359 g/mol. The van der Waals surface area contributed by atoms with Crippen LogP contribution in [0.15, 0.2) is 47.4 Å². The number of benzene rings is 2. The van der Waals surface area contributed by atoms with Crippen LogP contribution < -0.4 is 14.8 Å². The quantitative estimate of drug-likeness (QED) is 0.730. The molecule has 2 N–H and O–H groups in total. The molecule has 2 aromatic carbocycles. The first-order valence-electron chi connectivity index (χ1n) is 8.12. The van der Waals surface area contributed by atoms with E-state index < -0.39 is 15.8 Å². The molecule has 0 radical (unpaired) electrons. The highest BCUT2D eigenvalue weighted by atomic mass is 32.2. The largest absolute Gasteiger partial charge is 0.495 e. The summed E-state index contributed by atoms with van der Waals surface area (Å²) in [5.74, 6) is -0.384. The number of methoxy groups -OCH3 is 1. The molecule has 8 heteroatoms. The Morgan fingerprint density at radius 2 is 1.85 bits per heavy atom. The van der Waals surface area contributed by atoms with E-state index in [0.717, 1.165) is 25.0 Å². The van der Waals surface area contributed by atoms with Gasteiger partial charge in [0.25, 0.3) is 10.0 Å². The number of nitrogens with one attached hydrogen (secondary N) is 2. The molecule has 0 unspecified atom stereocenters. The van der Waals surface area contributed by atoms with Crippen molar-refractivity contribution in [3.63, 3.8) is 0 Å². The highest BCUT2D eigenvalue weighted by Gasteiger charge is 2.17. The Balaban J connectivity index is 2.25. The number of hydrogen-bond acceptors (Lipinski definition) is 4. The van der Waals surface area contributed by atoms with Crippen molar-refractivity contribution >= 4 is 27.3 Å². The van der Waals surface area contributed by atoms with Gasteiger partial charge < -0.3 is 10.1 Å². The normalized spacial score (nSPS) is 11.0. The summed E-state index contributed by atoms with van der Waals surface area (Å²) < 4.78 is 45.5. The van der Waals surface area contributed by atoms with Gasteiger partial charge in [0.15, 0.2) is 0 Å². The topological polar surface area (TPSA) is 84.5 Å². The predicted octanol–water partition coefficient (Wildman–Crippen LogP) is 3.76. The number of ether oxygens (including phenoxy) is 1. The molecule has 0 saturated heterocycles. The van der Waals surface area contributed by atoms with Crippen LogP contribution in [0.2, 0.25) is 0 Å². The average Bonchev–Trinajstić information content (AvgIpc) is 2.60. The summed E-state index contributed by atoms with van der Waals surface area (Å²) in [6.45, 7) is 1.99. The monoisotopic (exact) mass is 380 g/mol. The lowest BCUT2D eigenvalue weighted by Gasteiger charge is -2.14.